The molecule has 0 aromatic rings. The summed E-state index contributed by atoms with van der Waals surface area (Å²) in [6, 6.07) is 0.445. The van der Waals surface area contributed by atoms with E-state index in [4.69, 9.17) is 5.73 Å². The quantitative estimate of drug-likeness (QED) is 0.754. The van der Waals surface area contributed by atoms with Gasteiger partial charge in [0.2, 0.25) is 0 Å². The molecule has 1 fully saturated rings. The summed E-state index contributed by atoms with van der Waals surface area (Å²) in [5.74, 6) is 0.655. The van der Waals surface area contributed by atoms with E-state index in [1.165, 1.54) is 0 Å². The van der Waals surface area contributed by atoms with E-state index in [2.05, 4.69) is 23.7 Å². The van der Waals surface area contributed by atoms with Gasteiger partial charge < -0.3 is 20.4 Å². The van der Waals surface area contributed by atoms with E-state index in [9.17, 15) is 4.79 Å². The van der Waals surface area contributed by atoms with E-state index in [-0.39, 0.29) is 11.6 Å². The Kier molecular flexibility index (Phi) is 3.60. The number of hydrogen-bond donors (Lipinski definition) is 1. The normalized spacial score (nSPS) is 22.1. The third kappa shape index (κ3) is 2.35. The third-order valence-electron chi connectivity index (χ3n) is 4.16. The Balaban J connectivity index is 2.05. The molecule has 0 aromatic heterocycles. The van der Waals surface area contributed by atoms with Crippen LogP contribution >= 0.6 is 0 Å². The molecule has 1 spiro atoms. The zero-order valence-electron chi connectivity index (χ0n) is 12.4. The minimum Gasteiger partial charge on any atom is -0.370 e. The molecule has 108 valence electrons. The van der Waals surface area contributed by atoms with Gasteiger partial charge in [0.1, 0.15) is 0 Å². The molecule has 0 aromatic carbocycles. The summed E-state index contributed by atoms with van der Waals surface area (Å²) in [6.07, 6.45) is 1.88. The van der Waals surface area contributed by atoms with Crippen molar-refractivity contribution in [2.75, 3.05) is 33.7 Å². The molecule has 6 nitrogen and oxygen atoms in total. The molecule has 2 N–H and O–H groups in total. The molecule has 2 aliphatic heterocycles. The van der Waals surface area contributed by atoms with Gasteiger partial charge in [0, 0.05) is 33.2 Å². The highest BCUT2D eigenvalue weighted by Gasteiger charge is 2.46. The summed E-state index contributed by atoms with van der Waals surface area (Å²) in [5.41, 5.74) is 6.04. The summed E-state index contributed by atoms with van der Waals surface area (Å²) in [5, 5.41) is 0. The molecule has 2 aliphatic rings. The first-order valence-electron chi connectivity index (χ1n) is 6.93. The van der Waals surface area contributed by atoms with Gasteiger partial charge in [-0.25, -0.2) is 4.79 Å². The van der Waals surface area contributed by atoms with Crippen molar-refractivity contribution < 1.29 is 4.79 Å². The SMILES string of the molecule is CC(C)N1C(N)=NCC12CCN(C(=O)N(C)C)CC2. The van der Waals surface area contributed by atoms with Crippen LogP contribution in [-0.4, -0.2) is 72.0 Å². The van der Waals surface area contributed by atoms with Crippen LogP contribution in [0.5, 0.6) is 0 Å². The van der Waals surface area contributed by atoms with Gasteiger partial charge in [-0.3, -0.25) is 4.99 Å². The van der Waals surface area contributed by atoms with Crippen molar-refractivity contribution in [3.8, 4) is 0 Å². The number of likely N-dealkylation sites (tertiary alicyclic amines) is 1. The summed E-state index contributed by atoms with van der Waals surface area (Å²) in [6.45, 7) is 6.62. The van der Waals surface area contributed by atoms with Gasteiger partial charge in [0.25, 0.3) is 0 Å². The lowest BCUT2D eigenvalue weighted by Gasteiger charge is -2.47. The number of nitrogens with zero attached hydrogens (tertiary/aromatic N) is 4. The van der Waals surface area contributed by atoms with Crippen molar-refractivity contribution >= 4 is 12.0 Å². The van der Waals surface area contributed by atoms with Crippen molar-refractivity contribution in [3.05, 3.63) is 0 Å². The first-order valence-corrected chi connectivity index (χ1v) is 6.93. The summed E-state index contributed by atoms with van der Waals surface area (Å²) in [7, 11) is 3.59. The van der Waals surface area contributed by atoms with Crippen LogP contribution in [0.4, 0.5) is 4.79 Å². The highest BCUT2D eigenvalue weighted by Crippen LogP contribution is 2.34. The number of guanidine groups is 1. The molecule has 0 radical (unpaired) electrons. The highest BCUT2D eigenvalue weighted by molar-refractivity contribution is 5.81. The van der Waals surface area contributed by atoms with Gasteiger partial charge in [-0.15, -0.1) is 0 Å². The average molecular weight is 267 g/mol. The number of rotatable bonds is 1. The first kappa shape index (κ1) is 14.0. The predicted molar refractivity (Wildman–Crippen MR) is 76.1 cm³/mol. The highest BCUT2D eigenvalue weighted by atomic mass is 16.2. The summed E-state index contributed by atoms with van der Waals surface area (Å²) >= 11 is 0. The topological polar surface area (TPSA) is 65.2 Å². The van der Waals surface area contributed by atoms with E-state index in [1.54, 1.807) is 19.0 Å². The lowest BCUT2D eigenvalue weighted by atomic mass is 9.86. The third-order valence-corrected chi connectivity index (χ3v) is 4.16. The van der Waals surface area contributed by atoms with E-state index in [0.29, 0.717) is 12.0 Å². The number of carbonyl (C=O) groups is 1. The van der Waals surface area contributed by atoms with Crippen LogP contribution in [0.15, 0.2) is 4.99 Å². The maximum atomic E-state index is 12.0. The Bertz CT molecular complexity index is 382. The first-order chi connectivity index (χ1) is 8.87. The largest absolute Gasteiger partial charge is 0.370 e. The van der Waals surface area contributed by atoms with Crippen LogP contribution in [0.25, 0.3) is 0 Å². The van der Waals surface area contributed by atoms with Crippen LogP contribution in [0.1, 0.15) is 26.7 Å². The molecule has 2 rings (SSSR count). The molecule has 0 saturated carbocycles. The summed E-state index contributed by atoms with van der Waals surface area (Å²) < 4.78 is 0. The lowest BCUT2D eigenvalue weighted by molar-refractivity contribution is 0.0748. The molecule has 6 heteroatoms. The maximum Gasteiger partial charge on any atom is 0.319 e. The van der Waals surface area contributed by atoms with Gasteiger partial charge in [0.05, 0.1) is 12.1 Å². The fourth-order valence-corrected chi connectivity index (χ4v) is 3.23. The minimum atomic E-state index is 0.0291. The van der Waals surface area contributed by atoms with E-state index in [0.717, 1.165) is 32.5 Å². The van der Waals surface area contributed by atoms with Crippen molar-refractivity contribution in [2.24, 2.45) is 10.7 Å². The molecule has 2 amide bonds. The number of hydrogen-bond acceptors (Lipinski definition) is 4. The van der Waals surface area contributed by atoms with Gasteiger partial charge in [0.15, 0.2) is 5.96 Å². The Morgan fingerprint density at radius 3 is 2.42 bits per heavy atom. The molecule has 0 aliphatic carbocycles. The van der Waals surface area contributed by atoms with E-state index in [1.807, 2.05) is 4.90 Å². The van der Waals surface area contributed by atoms with Crippen LogP contribution in [-0.2, 0) is 0 Å². The monoisotopic (exact) mass is 267 g/mol. The summed E-state index contributed by atoms with van der Waals surface area (Å²) in [4.78, 5) is 22.2. The standard InChI is InChI=1S/C13H25N5O/c1-10(2)18-11(14)15-9-13(18)5-7-17(8-6-13)12(19)16(3)4/h10H,5-9H2,1-4H3,(H2,14,15). The second-order valence-electron chi connectivity index (χ2n) is 6.03. The number of nitrogens with two attached hydrogens (primary N) is 1. The maximum absolute atomic E-state index is 12.0. The number of urea groups is 1. The molecule has 0 bridgehead atoms. The van der Waals surface area contributed by atoms with Gasteiger partial charge in [-0.05, 0) is 26.7 Å². The number of aliphatic imine (C=N–C) groups is 1. The van der Waals surface area contributed by atoms with Crippen LogP contribution < -0.4 is 5.73 Å². The van der Waals surface area contributed by atoms with Gasteiger partial charge >= 0.3 is 6.03 Å². The van der Waals surface area contributed by atoms with Crippen molar-refractivity contribution in [2.45, 2.75) is 38.3 Å². The minimum absolute atomic E-state index is 0.0291. The van der Waals surface area contributed by atoms with Crippen molar-refractivity contribution in [1.82, 2.24) is 14.7 Å². The van der Waals surface area contributed by atoms with Crippen LogP contribution in [0, 0.1) is 0 Å². The van der Waals surface area contributed by atoms with E-state index < -0.39 is 0 Å². The molecule has 0 atom stereocenters. The second-order valence-corrected chi connectivity index (χ2v) is 6.03. The molecule has 0 unspecified atom stereocenters. The van der Waals surface area contributed by atoms with E-state index >= 15 is 0 Å². The van der Waals surface area contributed by atoms with Gasteiger partial charge in [-0.2, -0.15) is 0 Å². The fraction of sp³-hybridized carbons (Fsp3) is 0.846. The van der Waals surface area contributed by atoms with Crippen molar-refractivity contribution in [1.29, 1.82) is 0 Å². The van der Waals surface area contributed by atoms with Gasteiger partial charge in [-0.1, -0.05) is 0 Å². The predicted octanol–water partition coefficient (Wildman–Crippen LogP) is 0.541. The molecule has 2 heterocycles. The molecule has 1 saturated heterocycles. The Morgan fingerprint density at radius 2 is 1.95 bits per heavy atom. The van der Waals surface area contributed by atoms with Crippen LogP contribution in [0.3, 0.4) is 0 Å². The zero-order valence-corrected chi connectivity index (χ0v) is 12.4. The Labute approximate surface area is 115 Å². The zero-order chi connectivity index (χ0) is 14.2. The van der Waals surface area contributed by atoms with Crippen LogP contribution in [0.2, 0.25) is 0 Å². The second kappa shape index (κ2) is 4.90. The Morgan fingerprint density at radius 1 is 1.37 bits per heavy atom. The number of carbonyl (C=O) groups excluding carboxylic acids is 1. The molecule has 19 heavy (non-hydrogen) atoms. The average Bonchev–Trinajstić information content (AvgIpc) is 2.66. The molecular weight excluding hydrogens is 242 g/mol. The smallest absolute Gasteiger partial charge is 0.319 e. The molecular formula is C13H25N5O. The Hall–Kier alpha value is -1.46. The van der Waals surface area contributed by atoms with Crippen molar-refractivity contribution in [3.63, 3.8) is 0 Å². The number of amides is 2. The lowest BCUT2D eigenvalue weighted by Crippen LogP contribution is -2.60. The fourth-order valence-electron chi connectivity index (χ4n) is 3.23. The number of piperidine rings is 1.